The van der Waals surface area contributed by atoms with Crippen molar-refractivity contribution in [2.45, 2.75) is 12.6 Å². The van der Waals surface area contributed by atoms with E-state index >= 15 is 0 Å². The minimum Gasteiger partial charge on any atom is -0.478 e. The number of carbonyl (C=O) groups is 1. The van der Waals surface area contributed by atoms with Crippen molar-refractivity contribution in [1.29, 1.82) is 0 Å². The molecule has 1 aromatic carbocycles. The molecule has 4 nitrogen and oxygen atoms in total. The van der Waals surface area contributed by atoms with Crippen LogP contribution in [0.1, 0.15) is 26.8 Å². The summed E-state index contributed by atoms with van der Waals surface area (Å²) in [7, 11) is 0. The van der Waals surface area contributed by atoms with Crippen LogP contribution in [0, 0.1) is 0 Å². The topological polar surface area (TPSA) is 69.6 Å². The number of carboxylic acid groups (broad SMARTS) is 1. The molecule has 0 saturated heterocycles. The molecule has 0 aliphatic rings. The molecule has 0 saturated carbocycles. The van der Waals surface area contributed by atoms with Gasteiger partial charge in [0.2, 0.25) is 0 Å². The Labute approximate surface area is 115 Å². The third kappa shape index (κ3) is 3.64. The SMILES string of the molecule is O=C(O)c1csc(CN[C@@H](CO)c2ccccc2)c1. The summed E-state index contributed by atoms with van der Waals surface area (Å²) in [5, 5.41) is 23.1. The summed E-state index contributed by atoms with van der Waals surface area (Å²) in [4.78, 5) is 11.7. The summed E-state index contributed by atoms with van der Waals surface area (Å²) in [5.74, 6) is -0.913. The lowest BCUT2D eigenvalue weighted by Gasteiger charge is -2.15. The van der Waals surface area contributed by atoms with Crippen molar-refractivity contribution in [2.75, 3.05) is 6.61 Å². The number of aromatic carboxylic acids is 1. The maximum atomic E-state index is 10.8. The van der Waals surface area contributed by atoms with E-state index in [1.165, 1.54) is 11.3 Å². The van der Waals surface area contributed by atoms with E-state index in [2.05, 4.69) is 5.32 Å². The Balaban J connectivity index is 1.98. The van der Waals surface area contributed by atoms with Crippen LogP contribution in [0.4, 0.5) is 0 Å². The molecule has 1 heterocycles. The highest BCUT2D eigenvalue weighted by molar-refractivity contribution is 7.10. The molecule has 1 atom stereocenters. The van der Waals surface area contributed by atoms with Crippen LogP contribution < -0.4 is 5.32 Å². The Morgan fingerprint density at radius 1 is 1.32 bits per heavy atom. The standard InChI is InChI=1S/C14H15NO3S/c16-8-13(10-4-2-1-3-5-10)15-7-12-6-11(9-19-12)14(17)18/h1-6,9,13,15-16H,7-8H2,(H,17,18)/t13-/m0/s1. The summed E-state index contributed by atoms with van der Waals surface area (Å²) in [6.07, 6.45) is 0. The lowest BCUT2D eigenvalue weighted by atomic mass is 10.1. The zero-order chi connectivity index (χ0) is 13.7. The van der Waals surface area contributed by atoms with Gasteiger partial charge in [-0.1, -0.05) is 30.3 Å². The first kappa shape index (κ1) is 13.7. The van der Waals surface area contributed by atoms with E-state index < -0.39 is 5.97 Å². The van der Waals surface area contributed by atoms with Crippen molar-refractivity contribution in [3.63, 3.8) is 0 Å². The molecule has 100 valence electrons. The minimum atomic E-state index is -0.913. The van der Waals surface area contributed by atoms with Crippen molar-refractivity contribution < 1.29 is 15.0 Å². The number of aliphatic hydroxyl groups is 1. The molecule has 19 heavy (non-hydrogen) atoms. The van der Waals surface area contributed by atoms with Gasteiger partial charge in [-0.25, -0.2) is 4.79 Å². The van der Waals surface area contributed by atoms with Gasteiger partial charge in [0.1, 0.15) is 0 Å². The number of benzene rings is 1. The normalized spacial score (nSPS) is 12.3. The number of carboxylic acids is 1. The molecule has 0 amide bonds. The summed E-state index contributed by atoms with van der Waals surface area (Å²) >= 11 is 1.40. The first-order valence-electron chi connectivity index (χ1n) is 5.90. The van der Waals surface area contributed by atoms with E-state index in [0.29, 0.717) is 12.1 Å². The Hall–Kier alpha value is -1.69. The molecule has 0 aliphatic heterocycles. The van der Waals surface area contributed by atoms with Gasteiger partial charge in [0.15, 0.2) is 0 Å². The third-order valence-electron chi connectivity index (χ3n) is 2.81. The predicted molar refractivity (Wildman–Crippen MR) is 74.4 cm³/mol. The second-order valence-electron chi connectivity index (χ2n) is 4.13. The third-order valence-corrected chi connectivity index (χ3v) is 3.74. The summed E-state index contributed by atoms with van der Waals surface area (Å²) in [6, 6.07) is 11.2. The maximum absolute atomic E-state index is 10.8. The fourth-order valence-electron chi connectivity index (χ4n) is 1.78. The molecule has 0 spiro atoms. The van der Waals surface area contributed by atoms with Crippen LogP contribution in [0.2, 0.25) is 0 Å². The summed E-state index contributed by atoms with van der Waals surface area (Å²) in [6.45, 7) is 0.541. The second kappa shape index (κ2) is 6.47. The molecule has 2 aromatic rings. The molecule has 0 bridgehead atoms. The lowest BCUT2D eigenvalue weighted by Crippen LogP contribution is -2.23. The molecular formula is C14H15NO3S. The van der Waals surface area contributed by atoms with Crippen molar-refractivity contribution in [3.05, 3.63) is 57.8 Å². The summed E-state index contributed by atoms with van der Waals surface area (Å²) in [5.41, 5.74) is 1.32. The van der Waals surface area contributed by atoms with Crippen LogP contribution >= 0.6 is 11.3 Å². The largest absolute Gasteiger partial charge is 0.478 e. The molecule has 2 rings (SSSR count). The molecule has 5 heteroatoms. The van der Waals surface area contributed by atoms with E-state index in [-0.39, 0.29) is 12.6 Å². The highest BCUT2D eigenvalue weighted by atomic mass is 32.1. The average molecular weight is 277 g/mol. The van der Waals surface area contributed by atoms with Gasteiger partial charge in [-0.3, -0.25) is 0 Å². The van der Waals surface area contributed by atoms with Gasteiger partial charge in [0.25, 0.3) is 0 Å². The van der Waals surface area contributed by atoms with Crippen LogP contribution in [0.15, 0.2) is 41.8 Å². The van der Waals surface area contributed by atoms with Crippen molar-refractivity contribution in [2.24, 2.45) is 0 Å². The van der Waals surface area contributed by atoms with Gasteiger partial charge in [0, 0.05) is 16.8 Å². The Morgan fingerprint density at radius 2 is 2.05 bits per heavy atom. The van der Waals surface area contributed by atoms with E-state index in [9.17, 15) is 9.90 Å². The van der Waals surface area contributed by atoms with Crippen molar-refractivity contribution in [1.82, 2.24) is 5.32 Å². The van der Waals surface area contributed by atoms with E-state index in [1.54, 1.807) is 11.4 Å². The van der Waals surface area contributed by atoms with Crippen molar-refractivity contribution >= 4 is 17.3 Å². The highest BCUT2D eigenvalue weighted by Crippen LogP contribution is 2.17. The lowest BCUT2D eigenvalue weighted by molar-refractivity contribution is 0.0697. The number of hydrogen-bond acceptors (Lipinski definition) is 4. The highest BCUT2D eigenvalue weighted by Gasteiger charge is 2.11. The van der Waals surface area contributed by atoms with Crippen LogP contribution in [0.25, 0.3) is 0 Å². The molecule has 3 N–H and O–H groups in total. The quantitative estimate of drug-likeness (QED) is 0.757. The maximum Gasteiger partial charge on any atom is 0.336 e. The number of thiophene rings is 1. The molecular weight excluding hydrogens is 262 g/mol. The van der Waals surface area contributed by atoms with Crippen LogP contribution in [0.5, 0.6) is 0 Å². The minimum absolute atomic E-state index is 0.00117. The van der Waals surface area contributed by atoms with Gasteiger partial charge in [-0.05, 0) is 11.6 Å². The van der Waals surface area contributed by atoms with E-state index in [0.717, 1.165) is 10.4 Å². The average Bonchev–Trinajstić information content (AvgIpc) is 2.90. The Bertz CT molecular complexity index is 539. The zero-order valence-corrected chi connectivity index (χ0v) is 11.1. The number of nitrogens with one attached hydrogen (secondary N) is 1. The second-order valence-corrected chi connectivity index (χ2v) is 5.13. The van der Waals surface area contributed by atoms with Crippen LogP contribution in [-0.4, -0.2) is 22.8 Å². The van der Waals surface area contributed by atoms with Gasteiger partial charge in [-0.15, -0.1) is 11.3 Å². The fraction of sp³-hybridized carbons (Fsp3) is 0.214. The molecule has 0 aliphatic carbocycles. The van der Waals surface area contributed by atoms with Gasteiger partial charge >= 0.3 is 5.97 Å². The molecule has 0 fully saturated rings. The van der Waals surface area contributed by atoms with Crippen molar-refractivity contribution in [3.8, 4) is 0 Å². The molecule has 0 radical (unpaired) electrons. The van der Waals surface area contributed by atoms with E-state index in [4.69, 9.17) is 5.11 Å². The Kier molecular flexibility index (Phi) is 4.68. The fourth-order valence-corrected chi connectivity index (χ4v) is 2.59. The van der Waals surface area contributed by atoms with Crippen LogP contribution in [0.3, 0.4) is 0 Å². The van der Waals surface area contributed by atoms with E-state index in [1.807, 2.05) is 30.3 Å². The first-order chi connectivity index (χ1) is 9.20. The number of hydrogen-bond donors (Lipinski definition) is 3. The Morgan fingerprint density at radius 3 is 2.63 bits per heavy atom. The monoisotopic (exact) mass is 277 g/mol. The molecule has 0 unspecified atom stereocenters. The smallest absolute Gasteiger partial charge is 0.336 e. The molecule has 1 aromatic heterocycles. The number of aliphatic hydroxyl groups excluding tert-OH is 1. The van der Waals surface area contributed by atoms with Gasteiger partial charge < -0.3 is 15.5 Å². The zero-order valence-electron chi connectivity index (χ0n) is 10.2. The van der Waals surface area contributed by atoms with Gasteiger partial charge in [0.05, 0.1) is 18.2 Å². The van der Waals surface area contributed by atoms with Gasteiger partial charge in [-0.2, -0.15) is 0 Å². The number of rotatable bonds is 6. The first-order valence-corrected chi connectivity index (χ1v) is 6.78. The predicted octanol–water partition coefficient (Wildman–Crippen LogP) is 2.27. The summed E-state index contributed by atoms with van der Waals surface area (Å²) < 4.78 is 0. The van der Waals surface area contributed by atoms with Crippen LogP contribution in [-0.2, 0) is 6.54 Å².